The summed E-state index contributed by atoms with van der Waals surface area (Å²) in [6, 6.07) is 13.6. The summed E-state index contributed by atoms with van der Waals surface area (Å²) >= 11 is 0. The lowest BCUT2D eigenvalue weighted by Gasteiger charge is -2.31. The van der Waals surface area contributed by atoms with Crippen LogP contribution in [-0.2, 0) is 19.6 Å². The lowest BCUT2D eigenvalue weighted by atomic mass is 9.98. The minimum absolute atomic E-state index is 0.0448. The highest BCUT2D eigenvalue weighted by Crippen LogP contribution is 2.45. The van der Waals surface area contributed by atoms with Crippen LogP contribution in [0.2, 0.25) is 0 Å². The van der Waals surface area contributed by atoms with Crippen LogP contribution in [0.15, 0.2) is 59.5 Å². The van der Waals surface area contributed by atoms with E-state index in [0.29, 0.717) is 11.3 Å². The third kappa shape index (κ3) is 7.27. The second-order valence-corrected chi connectivity index (χ2v) is 14.2. The zero-order valence-corrected chi connectivity index (χ0v) is 30.2. The first-order chi connectivity index (χ1) is 25.5. The van der Waals surface area contributed by atoms with E-state index in [1.54, 1.807) is 31.2 Å². The normalized spacial score (nSPS) is 12.8. The second kappa shape index (κ2) is 15.7. The molecule has 4 N–H and O–H groups in total. The summed E-state index contributed by atoms with van der Waals surface area (Å²) in [6.45, 7) is 3.75. The molecule has 54 heavy (non-hydrogen) atoms. The molecule has 17 heteroatoms. The Bertz CT molecular complexity index is 2200. The monoisotopic (exact) mass is 774 g/mol. The van der Waals surface area contributed by atoms with Gasteiger partial charge in [-0.2, -0.15) is 13.1 Å². The van der Waals surface area contributed by atoms with Crippen LogP contribution in [0.4, 0.5) is 26.7 Å². The van der Waals surface area contributed by atoms with E-state index in [1.165, 1.54) is 27.0 Å². The average molecular weight is 775 g/mol. The summed E-state index contributed by atoms with van der Waals surface area (Å²) in [7, 11) is -3.83. The van der Waals surface area contributed by atoms with Gasteiger partial charge in [0.2, 0.25) is 34.8 Å². The van der Waals surface area contributed by atoms with Gasteiger partial charge in [-0.3, -0.25) is 5.41 Å². The van der Waals surface area contributed by atoms with E-state index in [1.807, 2.05) is 24.3 Å². The molecule has 0 fully saturated rings. The van der Waals surface area contributed by atoms with Crippen molar-refractivity contribution in [3.05, 3.63) is 112 Å². The number of hydrogen-bond donors (Lipinski definition) is 3. The van der Waals surface area contributed by atoms with Gasteiger partial charge in [-0.15, -0.1) is 0 Å². The first-order valence-corrected chi connectivity index (χ1v) is 17.8. The van der Waals surface area contributed by atoms with Gasteiger partial charge in [0.05, 0.1) is 12.0 Å². The SMILES string of the molecule is COc1cc(C)c(S(=O)(=O)N(C(=O)OCC2c3ccccc3-c3ccccc32)[C@@H](CCCNC(=N)N)C(=O)Oc2c(F)c(F)c(F)c(F)c2F)c(C)c1C. The number of nitrogens with zero attached hydrogens (tertiary/aromatic N) is 1. The first-order valence-electron chi connectivity index (χ1n) is 16.4. The molecule has 0 saturated carbocycles. The van der Waals surface area contributed by atoms with Gasteiger partial charge in [-0.05, 0) is 78.6 Å². The van der Waals surface area contributed by atoms with Crippen molar-refractivity contribution in [2.24, 2.45) is 5.73 Å². The zero-order chi connectivity index (χ0) is 39.6. The van der Waals surface area contributed by atoms with Crippen LogP contribution in [0.1, 0.15) is 46.6 Å². The number of ether oxygens (including phenoxy) is 3. The number of methoxy groups -OCH3 is 1. The first kappa shape index (κ1) is 39.5. The van der Waals surface area contributed by atoms with E-state index in [2.05, 4.69) is 5.32 Å². The number of nitrogens with one attached hydrogen (secondary N) is 2. The van der Waals surface area contributed by atoms with Crippen molar-refractivity contribution < 1.29 is 54.2 Å². The fourth-order valence-electron chi connectivity index (χ4n) is 6.47. The molecule has 0 aromatic heterocycles. The van der Waals surface area contributed by atoms with Gasteiger partial charge in [-0.25, -0.2) is 31.2 Å². The Balaban J connectivity index is 1.63. The maximum Gasteiger partial charge on any atom is 0.424 e. The molecule has 0 aliphatic heterocycles. The van der Waals surface area contributed by atoms with E-state index in [9.17, 15) is 40.0 Å². The number of benzene rings is 4. The molecular weight excluding hydrogens is 739 g/mol. The number of esters is 1. The fraction of sp³-hybridized carbons (Fsp3) is 0.270. The molecule has 5 rings (SSSR count). The summed E-state index contributed by atoms with van der Waals surface area (Å²) in [5.41, 5.74) is 9.08. The van der Waals surface area contributed by atoms with Gasteiger partial charge in [0.1, 0.15) is 18.4 Å². The number of hydrogen-bond acceptors (Lipinski definition) is 8. The third-order valence-corrected chi connectivity index (χ3v) is 11.2. The van der Waals surface area contributed by atoms with Gasteiger partial charge < -0.3 is 25.3 Å². The molecule has 0 saturated heterocycles. The Morgan fingerprint density at radius 2 is 1.43 bits per heavy atom. The van der Waals surface area contributed by atoms with Crippen molar-refractivity contribution in [2.45, 2.75) is 50.5 Å². The smallest absolute Gasteiger partial charge is 0.424 e. The van der Waals surface area contributed by atoms with Gasteiger partial charge in [-0.1, -0.05) is 48.5 Å². The number of nitrogens with two attached hydrogens (primary N) is 1. The van der Waals surface area contributed by atoms with Crippen LogP contribution in [-0.4, -0.2) is 57.0 Å². The second-order valence-electron chi connectivity index (χ2n) is 12.4. The highest BCUT2D eigenvalue weighted by atomic mass is 32.2. The molecule has 11 nitrogen and oxygen atoms in total. The molecule has 1 aliphatic rings. The molecule has 0 unspecified atom stereocenters. The fourth-order valence-corrected chi connectivity index (χ4v) is 8.45. The van der Waals surface area contributed by atoms with Crippen LogP contribution in [0.3, 0.4) is 0 Å². The highest BCUT2D eigenvalue weighted by molar-refractivity contribution is 7.89. The minimum atomic E-state index is -5.19. The van der Waals surface area contributed by atoms with Crippen molar-refractivity contribution in [3.8, 4) is 22.6 Å². The maximum absolute atomic E-state index is 14.8. The van der Waals surface area contributed by atoms with Crippen molar-refractivity contribution in [2.75, 3.05) is 20.3 Å². The van der Waals surface area contributed by atoms with Crippen molar-refractivity contribution in [1.82, 2.24) is 9.62 Å². The topological polar surface area (TPSA) is 161 Å². The molecule has 1 atom stereocenters. The Morgan fingerprint density at radius 1 is 0.889 bits per heavy atom. The summed E-state index contributed by atoms with van der Waals surface area (Å²) in [5.74, 6) is -17.1. The van der Waals surface area contributed by atoms with Crippen molar-refractivity contribution >= 4 is 28.0 Å². The predicted octanol–water partition coefficient (Wildman–Crippen LogP) is 6.49. The van der Waals surface area contributed by atoms with E-state index < -0.39 is 92.8 Å². The highest BCUT2D eigenvalue weighted by Gasteiger charge is 2.45. The third-order valence-electron chi connectivity index (χ3n) is 9.13. The number of carbonyl (C=O) groups is 2. The van der Waals surface area contributed by atoms with Crippen LogP contribution < -0.4 is 20.5 Å². The molecule has 0 spiro atoms. The molecule has 286 valence electrons. The molecular formula is C37H35F5N4O7S. The Morgan fingerprint density at radius 3 is 1.96 bits per heavy atom. The summed E-state index contributed by atoms with van der Waals surface area (Å²) in [4.78, 5) is 27.7. The van der Waals surface area contributed by atoms with E-state index >= 15 is 0 Å². The van der Waals surface area contributed by atoms with Crippen LogP contribution in [0.25, 0.3) is 11.1 Å². The lowest BCUT2D eigenvalue weighted by Crippen LogP contribution is -2.51. The predicted molar refractivity (Wildman–Crippen MR) is 186 cm³/mol. The molecule has 4 aromatic rings. The lowest BCUT2D eigenvalue weighted by molar-refractivity contribution is -0.139. The number of sulfonamides is 1. The van der Waals surface area contributed by atoms with Gasteiger partial charge >= 0.3 is 12.1 Å². The van der Waals surface area contributed by atoms with Gasteiger partial charge in [0, 0.05) is 12.5 Å². The van der Waals surface area contributed by atoms with Gasteiger partial charge in [0.15, 0.2) is 5.96 Å². The van der Waals surface area contributed by atoms with E-state index in [-0.39, 0.29) is 28.4 Å². The largest absolute Gasteiger partial charge is 0.496 e. The Labute approximate surface area is 307 Å². The molecule has 1 aliphatic carbocycles. The molecule has 0 bridgehead atoms. The number of amides is 1. The summed E-state index contributed by atoms with van der Waals surface area (Å²) in [5, 5.41) is 9.86. The quantitative estimate of drug-likeness (QED) is 0.0214. The van der Waals surface area contributed by atoms with Crippen LogP contribution in [0.5, 0.6) is 11.5 Å². The van der Waals surface area contributed by atoms with E-state index in [4.69, 9.17) is 25.4 Å². The number of fused-ring (bicyclic) bond motifs is 3. The summed E-state index contributed by atoms with van der Waals surface area (Å²) in [6.07, 6.45) is -2.51. The standard InChI is InChI=1S/C37H35F5N4O7S/c1-18-16-27(51-4)19(2)20(3)34(18)54(49,50)46(37(48)52-17-25-23-12-7-5-10-21(23)22-11-6-8-13-24(22)25)26(14-9-15-45-36(43)44)35(47)53-33-31(41)29(39)28(38)30(40)32(33)42/h5-8,10-13,16,25-26H,9,14-15,17H2,1-4H3,(H4,43,44,45)/t26-/m0/s1. The van der Waals surface area contributed by atoms with Crippen molar-refractivity contribution in [1.29, 1.82) is 5.41 Å². The Hall–Kier alpha value is -5.71. The van der Waals surface area contributed by atoms with Crippen LogP contribution >= 0.6 is 0 Å². The van der Waals surface area contributed by atoms with Crippen molar-refractivity contribution in [3.63, 3.8) is 0 Å². The Kier molecular flexibility index (Phi) is 11.5. The molecule has 0 heterocycles. The molecule has 4 aromatic carbocycles. The zero-order valence-electron chi connectivity index (χ0n) is 29.4. The minimum Gasteiger partial charge on any atom is -0.496 e. The van der Waals surface area contributed by atoms with Gasteiger partial charge in [0.25, 0.3) is 10.0 Å². The average Bonchev–Trinajstić information content (AvgIpc) is 3.46. The number of halogens is 5. The number of rotatable bonds is 12. The number of aryl methyl sites for hydroxylation is 1. The number of carbonyl (C=O) groups excluding carboxylic acids is 2. The van der Waals surface area contributed by atoms with E-state index in [0.717, 1.165) is 22.3 Å². The molecule has 1 amide bonds. The summed E-state index contributed by atoms with van der Waals surface area (Å²) < 4.78 is 117. The molecule has 0 radical (unpaired) electrons. The number of guanidine groups is 1. The van der Waals surface area contributed by atoms with Crippen LogP contribution in [0, 0.1) is 55.3 Å². The maximum atomic E-state index is 14.8.